The van der Waals surface area contributed by atoms with Crippen molar-refractivity contribution in [3.8, 4) is 0 Å². The van der Waals surface area contributed by atoms with Gasteiger partial charge in [-0.3, -0.25) is 10.1 Å². The molecule has 1 aromatic rings. The molecule has 21 heavy (non-hydrogen) atoms. The van der Waals surface area contributed by atoms with Crippen molar-refractivity contribution in [1.82, 2.24) is 9.29 Å². The number of alkyl halides is 1. The smallest absolute Gasteiger partial charge is 0.311 e. The molecule has 0 aromatic carbocycles. The molecular weight excluding hydrogens is 320 g/mol. The molecule has 0 saturated carbocycles. The molecule has 1 aromatic heterocycles. The van der Waals surface area contributed by atoms with E-state index in [4.69, 9.17) is 11.6 Å². The number of nitrogens with zero attached hydrogens (tertiary/aromatic N) is 4. The maximum absolute atomic E-state index is 11.9. The number of nitro groups is 1. The highest BCUT2D eigenvalue weighted by atomic mass is 35.5. The average Bonchev–Trinajstić information content (AvgIpc) is 2.47. The Morgan fingerprint density at radius 3 is 2.57 bits per heavy atom. The van der Waals surface area contributed by atoms with Crippen LogP contribution in [0, 0.1) is 10.1 Å². The molecule has 0 spiro atoms. The number of rotatable bonds is 5. The van der Waals surface area contributed by atoms with Crippen molar-refractivity contribution in [3.05, 3.63) is 28.4 Å². The number of sulfonamides is 1. The molecule has 0 atom stereocenters. The van der Waals surface area contributed by atoms with Crippen LogP contribution in [-0.4, -0.2) is 60.4 Å². The molecule has 1 aliphatic rings. The summed E-state index contributed by atoms with van der Waals surface area (Å²) in [6, 6.07) is 2.89. The van der Waals surface area contributed by atoms with E-state index in [0.717, 1.165) is 0 Å². The Kier molecular flexibility index (Phi) is 4.96. The zero-order valence-electron chi connectivity index (χ0n) is 11.2. The predicted octanol–water partition coefficient (Wildman–Crippen LogP) is 0.680. The van der Waals surface area contributed by atoms with Crippen LogP contribution in [0.15, 0.2) is 18.3 Å². The van der Waals surface area contributed by atoms with Gasteiger partial charge in [-0.05, 0) is 6.07 Å². The van der Waals surface area contributed by atoms with Crippen LogP contribution in [-0.2, 0) is 10.0 Å². The highest BCUT2D eigenvalue weighted by Crippen LogP contribution is 2.26. The fraction of sp³-hybridized carbons (Fsp3) is 0.545. The largest absolute Gasteiger partial charge is 0.348 e. The normalized spacial score (nSPS) is 16.9. The van der Waals surface area contributed by atoms with Crippen molar-refractivity contribution >= 4 is 33.1 Å². The zero-order chi connectivity index (χ0) is 15.5. The summed E-state index contributed by atoms with van der Waals surface area (Å²) in [5.74, 6) is 0.226. The van der Waals surface area contributed by atoms with Crippen molar-refractivity contribution in [2.75, 3.05) is 42.7 Å². The Morgan fingerprint density at radius 1 is 1.33 bits per heavy atom. The summed E-state index contributed by atoms with van der Waals surface area (Å²) in [5, 5.41) is 11.0. The minimum atomic E-state index is -3.35. The molecule has 0 bridgehead atoms. The van der Waals surface area contributed by atoms with Gasteiger partial charge in [-0.25, -0.2) is 13.4 Å². The van der Waals surface area contributed by atoms with Gasteiger partial charge in [0.1, 0.15) is 0 Å². The van der Waals surface area contributed by atoms with Gasteiger partial charge in [-0.2, -0.15) is 4.31 Å². The molecule has 0 radical (unpaired) electrons. The topological polar surface area (TPSA) is 96.7 Å². The van der Waals surface area contributed by atoms with Gasteiger partial charge in [0.2, 0.25) is 15.8 Å². The lowest BCUT2D eigenvalue weighted by Crippen LogP contribution is -2.49. The number of pyridine rings is 1. The van der Waals surface area contributed by atoms with Gasteiger partial charge >= 0.3 is 5.69 Å². The van der Waals surface area contributed by atoms with E-state index in [1.54, 1.807) is 4.90 Å². The van der Waals surface area contributed by atoms with Crippen LogP contribution in [0.3, 0.4) is 0 Å². The summed E-state index contributed by atoms with van der Waals surface area (Å²) < 4.78 is 25.2. The van der Waals surface area contributed by atoms with Crippen LogP contribution in [0.1, 0.15) is 0 Å². The molecule has 0 amide bonds. The molecule has 0 aliphatic carbocycles. The van der Waals surface area contributed by atoms with Crippen LogP contribution >= 0.6 is 11.6 Å². The van der Waals surface area contributed by atoms with E-state index in [1.807, 2.05) is 0 Å². The van der Waals surface area contributed by atoms with E-state index in [1.165, 1.54) is 22.6 Å². The Balaban J connectivity index is 2.10. The highest BCUT2D eigenvalue weighted by molar-refractivity contribution is 7.89. The summed E-state index contributed by atoms with van der Waals surface area (Å²) in [6.07, 6.45) is 1.49. The maximum atomic E-state index is 11.9. The number of halogens is 1. The number of hydrogen-bond acceptors (Lipinski definition) is 6. The van der Waals surface area contributed by atoms with E-state index in [9.17, 15) is 18.5 Å². The molecule has 2 heterocycles. The zero-order valence-corrected chi connectivity index (χ0v) is 12.8. The summed E-state index contributed by atoms with van der Waals surface area (Å²) in [5.41, 5.74) is -0.0745. The van der Waals surface area contributed by atoms with Gasteiger partial charge in [-0.15, -0.1) is 11.6 Å². The summed E-state index contributed by atoms with van der Waals surface area (Å²) in [7, 11) is -3.35. The fourth-order valence-corrected chi connectivity index (χ4v) is 3.94. The molecular formula is C11H15ClN4O4S. The van der Waals surface area contributed by atoms with Crippen LogP contribution in [0.25, 0.3) is 0 Å². The van der Waals surface area contributed by atoms with E-state index in [0.29, 0.717) is 13.1 Å². The van der Waals surface area contributed by atoms with Crippen LogP contribution in [0.2, 0.25) is 0 Å². The SMILES string of the molecule is O=[N+]([O-])c1cccnc1N1CCN(S(=O)(=O)CCCl)CC1. The third-order valence-electron chi connectivity index (χ3n) is 3.23. The van der Waals surface area contributed by atoms with Crippen molar-refractivity contribution in [1.29, 1.82) is 0 Å². The predicted molar refractivity (Wildman–Crippen MR) is 79.2 cm³/mol. The Bertz CT molecular complexity index is 616. The van der Waals surface area contributed by atoms with Gasteiger partial charge in [0.25, 0.3) is 0 Å². The number of piperazine rings is 1. The lowest BCUT2D eigenvalue weighted by atomic mass is 10.3. The van der Waals surface area contributed by atoms with E-state index in [2.05, 4.69) is 4.98 Å². The Labute approximate surface area is 127 Å². The van der Waals surface area contributed by atoms with E-state index < -0.39 is 14.9 Å². The standard InChI is InChI=1S/C11H15ClN4O4S/c12-3-9-21(19,20)15-7-5-14(6-8-15)11-10(16(17)18)2-1-4-13-11/h1-2,4H,3,5-9H2. The van der Waals surface area contributed by atoms with Gasteiger partial charge < -0.3 is 4.90 Å². The fourth-order valence-electron chi connectivity index (χ4n) is 2.18. The molecule has 116 valence electrons. The first-order valence-corrected chi connectivity index (χ1v) is 8.48. The minimum Gasteiger partial charge on any atom is -0.348 e. The molecule has 1 aliphatic heterocycles. The van der Waals surface area contributed by atoms with Gasteiger partial charge in [-0.1, -0.05) is 0 Å². The summed E-state index contributed by atoms with van der Waals surface area (Å²) >= 11 is 5.48. The van der Waals surface area contributed by atoms with Gasteiger partial charge in [0.15, 0.2) is 0 Å². The monoisotopic (exact) mass is 334 g/mol. The molecule has 1 fully saturated rings. The molecule has 2 rings (SSSR count). The second-order valence-electron chi connectivity index (χ2n) is 4.49. The lowest BCUT2D eigenvalue weighted by Gasteiger charge is -2.34. The second kappa shape index (κ2) is 6.54. The van der Waals surface area contributed by atoms with Gasteiger partial charge in [0.05, 0.1) is 10.7 Å². The molecule has 1 saturated heterocycles. The summed E-state index contributed by atoms with van der Waals surface area (Å²) in [6.45, 7) is 1.26. The maximum Gasteiger partial charge on any atom is 0.311 e. The minimum absolute atomic E-state index is 0.0499. The molecule has 10 heteroatoms. The molecule has 8 nitrogen and oxygen atoms in total. The van der Waals surface area contributed by atoms with E-state index in [-0.39, 0.29) is 36.2 Å². The highest BCUT2D eigenvalue weighted by Gasteiger charge is 2.29. The third-order valence-corrected chi connectivity index (χ3v) is 5.51. The van der Waals surface area contributed by atoms with Crippen molar-refractivity contribution in [2.24, 2.45) is 0 Å². The van der Waals surface area contributed by atoms with Crippen LogP contribution in [0.5, 0.6) is 0 Å². The van der Waals surface area contributed by atoms with Crippen molar-refractivity contribution in [2.45, 2.75) is 0 Å². The Morgan fingerprint density at radius 2 is 2.00 bits per heavy atom. The Hall–Kier alpha value is -1.45. The van der Waals surface area contributed by atoms with Crippen molar-refractivity contribution in [3.63, 3.8) is 0 Å². The average molecular weight is 335 g/mol. The molecule has 0 unspecified atom stereocenters. The first-order valence-electron chi connectivity index (χ1n) is 6.34. The first-order chi connectivity index (χ1) is 9.95. The van der Waals surface area contributed by atoms with Gasteiger partial charge in [0, 0.05) is 44.3 Å². The van der Waals surface area contributed by atoms with Crippen LogP contribution < -0.4 is 4.90 Å². The molecule has 0 N–H and O–H groups in total. The first kappa shape index (κ1) is 15.9. The summed E-state index contributed by atoms with van der Waals surface area (Å²) in [4.78, 5) is 16.3. The second-order valence-corrected chi connectivity index (χ2v) is 6.96. The number of aromatic nitrogens is 1. The van der Waals surface area contributed by atoms with Crippen LogP contribution in [0.4, 0.5) is 11.5 Å². The third kappa shape index (κ3) is 3.60. The quantitative estimate of drug-likeness (QED) is 0.446. The lowest BCUT2D eigenvalue weighted by molar-refractivity contribution is -0.384. The number of hydrogen-bond donors (Lipinski definition) is 0. The van der Waals surface area contributed by atoms with Crippen molar-refractivity contribution < 1.29 is 13.3 Å². The van der Waals surface area contributed by atoms with E-state index >= 15 is 0 Å². The number of anilines is 1.